The van der Waals surface area contributed by atoms with E-state index in [0.29, 0.717) is 18.6 Å². The van der Waals surface area contributed by atoms with Crippen LogP contribution in [0.2, 0.25) is 0 Å². The van der Waals surface area contributed by atoms with Crippen LogP contribution in [0.4, 0.5) is 0 Å². The average molecular weight is 318 g/mol. The number of hydrogen-bond donors (Lipinski definition) is 0. The van der Waals surface area contributed by atoms with Crippen LogP contribution in [0.5, 0.6) is 0 Å². The van der Waals surface area contributed by atoms with Crippen LogP contribution in [0.3, 0.4) is 0 Å². The van der Waals surface area contributed by atoms with Crippen LogP contribution < -0.4 is 0 Å². The fraction of sp³-hybridized carbons (Fsp3) is 0.938. The number of rotatable bonds is 4. The topological polar surface area (TPSA) is 60.4 Å². The Kier molecular flexibility index (Phi) is 5.87. The zero-order chi connectivity index (χ0) is 16.3. The second-order valence-electron chi connectivity index (χ2n) is 7.36. The molecule has 1 heterocycles. The third-order valence-electron chi connectivity index (χ3n) is 4.81. The van der Waals surface area contributed by atoms with Gasteiger partial charge in [0.1, 0.15) is 15.4 Å². The summed E-state index contributed by atoms with van der Waals surface area (Å²) < 4.78 is 29.4. The Labute approximate surface area is 129 Å². The summed E-state index contributed by atoms with van der Waals surface area (Å²) in [4.78, 5) is 12.3. The molecule has 1 atom stereocenters. The van der Waals surface area contributed by atoms with Gasteiger partial charge in [0.2, 0.25) is 0 Å². The number of ether oxygens (including phenoxy) is 1. The summed E-state index contributed by atoms with van der Waals surface area (Å²) >= 11 is 0. The normalized spacial score (nSPS) is 24.0. The first-order chi connectivity index (χ1) is 9.50. The zero-order valence-electron chi connectivity index (χ0n) is 14.1. The number of sulfone groups is 1. The van der Waals surface area contributed by atoms with Gasteiger partial charge in [-0.1, -0.05) is 13.3 Å². The van der Waals surface area contributed by atoms with E-state index in [1.54, 1.807) is 0 Å². The minimum absolute atomic E-state index is 0.101. The number of carbonyl (C=O) groups excluding carboxylic acids is 1. The van der Waals surface area contributed by atoms with Crippen LogP contribution in [0.25, 0.3) is 0 Å². The lowest BCUT2D eigenvalue weighted by Gasteiger charge is -2.37. The Balaban J connectivity index is 2.78. The van der Waals surface area contributed by atoms with Crippen molar-refractivity contribution in [2.24, 2.45) is 11.3 Å². The standard InChI is InChI=1S/C16H30O4S/c1-6-15(2,3)14(17)20-16(4,5)13-9-7-8-11-21(18,19)12-10-13/h13H,6-12H2,1-5H3. The average Bonchev–Trinajstić information content (AvgIpc) is 2.34. The number of esters is 1. The summed E-state index contributed by atoms with van der Waals surface area (Å²) in [6.07, 6.45) is 3.81. The highest BCUT2D eigenvalue weighted by Crippen LogP contribution is 2.34. The van der Waals surface area contributed by atoms with Gasteiger partial charge in [-0.2, -0.15) is 0 Å². The lowest BCUT2D eigenvalue weighted by Crippen LogP contribution is -2.42. The molecule has 124 valence electrons. The summed E-state index contributed by atoms with van der Waals surface area (Å²) in [6.45, 7) is 9.56. The monoisotopic (exact) mass is 318 g/mol. The highest BCUT2D eigenvalue weighted by molar-refractivity contribution is 7.91. The van der Waals surface area contributed by atoms with Crippen LogP contribution >= 0.6 is 0 Å². The molecule has 0 aromatic carbocycles. The smallest absolute Gasteiger partial charge is 0.312 e. The van der Waals surface area contributed by atoms with Gasteiger partial charge < -0.3 is 4.74 Å². The van der Waals surface area contributed by atoms with E-state index in [1.807, 2.05) is 34.6 Å². The van der Waals surface area contributed by atoms with Crippen molar-refractivity contribution in [3.05, 3.63) is 0 Å². The van der Waals surface area contributed by atoms with Gasteiger partial charge in [0.15, 0.2) is 0 Å². The first-order valence-corrected chi connectivity index (χ1v) is 9.76. The van der Waals surface area contributed by atoms with Crippen LogP contribution in [0.15, 0.2) is 0 Å². The van der Waals surface area contributed by atoms with Gasteiger partial charge in [-0.15, -0.1) is 0 Å². The molecule has 1 saturated heterocycles. The van der Waals surface area contributed by atoms with E-state index in [4.69, 9.17) is 4.74 Å². The number of carbonyl (C=O) groups is 1. The maximum absolute atomic E-state index is 12.3. The molecule has 0 aliphatic carbocycles. The Morgan fingerprint density at radius 2 is 1.71 bits per heavy atom. The third kappa shape index (κ3) is 5.28. The molecule has 0 saturated carbocycles. The highest BCUT2D eigenvalue weighted by Gasteiger charge is 2.38. The van der Waals surface area contributed by atoms with E-state index in [-0.39, 0.29) is 17.6 Å². The molecular formula is C16H30O4S. The SMILES string of the molecule is CCC(C)(C)C(=O)OC(C)(C)C1CCCCS(=O)(=O)CC1. The van der Waals surface area contributed by atoms with Crippen molar-refractivity contribution in [2.75, 3.05) is 11.5 Å². The predicted octanol–water partition coefficient (Wildman–Crippen LogP) is 3.35. The van der Waals surface area contributed by atoms with Crippen LogP contribution in [0.1, 0.15) is 66.7 Å². The fourth-order valence-corrected chi connectivity index (χ4v) is 4.07. The molecular weight excluding hydrogens is 288 g/mol. The Bertz CT molecular complexity index is 463. The zero-order valence-corrected chi connectivity index (χ0v) is 14.9. The van der Waals surface area contributed by atoms with Gasteiger partial charge in [0.25, 0.3) is 0 Å². The molecule has 0 amide bonds. The minimum atomic E-state index is -2.94. The molecule has 0 spiro atoms. The summed E-state index contributed by atoms with van der Waals surface area (Å²) in [5.74, 6) is 0.405. The lowest BCUT2D eigenvalue weighted by molar-refractivity contribution is -0.173. The first-order valence-electron chi connectivity index (χ1n) is 7.94. The molecule has 0 bridgehead atoms. The molecule has 4 nitrogen and oxygen atoms in total. The van der Waals surface area contributed by atoms with Gasteiger partial charge >= 0.3 is 5.97 Å². The molecule has 1 unspecified atom stereocenters. The molecule has 1 rings (SSSR count). The van der Waals surface area contributed by atoms with Gasteiger partial charge in [0, 0.05) is 0 Å². The second-order valence-corrected chi connectivity index (χ2v) is 9.67. The minimum Gasteiger partial charge on any atom is -0.459 e. The van der Waals surface area contributed by atoms with E-state index in [0.717, 1.165) is 19.3 Å². The maximum Gasteiger partial charge on any atom is 0.312 e. The molecule has 0 aromatic rings. The molecule has 0 N–H and O–H groups in total. The Morgan fingerprint density at radius 3 is 2.29 bits per heavy atom. The summed E-state index contributed by atoms with van der Waals surface area (Å²) in [5, 5.41) is 0. The molecule has 1 aliphatic heterocycles. The first kappa shape index (κ1) is 18.5. The van der Waals surface area contributed by atoms with Crippen molar-refractivity contribution < 1.29 is 17.9 Å². The molecule has 0 aromatic heterocycles. The molecule has 5 heteroatoms. The van der Waals surface area contributed by atoms with Gasteiger partial charge in [-0.05, 0) is 59.3 Å². The van der Waals surface area contributed by atoms with Gasteiger partial charge in [-0.25, -0.2) is 8.42 Å². The summed E-state index contributed by atoms with van der Waals surface area (Å²) in [7, 11) is -2.94. The third-order valence-corrected chi connectivity index (χ3v) is 6.58. The quantitative estimate of drug-likeness (QED) is 0.746. The van der Waals surface area contributed by atoms with Crippen molar-refractivity contribution in [2.45, 2.75) is 72.3 Å². The van der Waals surface area contributed by atoms with Crippen LogP contribution in [-0.4, -0.2) is 31.5 Å². The van der Waals surface area contributed by atoms with Crippen molar-refractivity contribution >= 4 is 15.8 Å². The molecule has 0 radical (unpaired) electrons. The van der Waals surface area contributed by atoms with Crippen LogP contribution in [0, 0.1) is 11.3 Å². The van der Waals surface area contributed by atoms with E-state index in [9.17, 15) is 13.2 Å². The van der Waals surface area contributed by atoms with E-state index >= 15 is 0 Å². The largest absolute Gasteiger partial charge is 0.459 e. The second kappa shape index (κ2) is 6.67. The Hall–Kier alpha value is -0.580. The van der Waals surface area contributed by atoms with Gasteiger partial charge in [0.05, 0.1) is 16.9 Å². The van der Waals surface area contributed by atoms with Crippen molar-refractivity contribution in [3.63, 3.8) is 0 Å². The summed E-state index contributed by atoms with van der Waals surface area (Å²) in [5.41, 5.74) is -1.11. The molecule has 21 heavy (non-hydrogen) atoms. The van der Waals surface area contributed by atoms with E-state index < -0.39 is 20.9 Å². The van der Waals surface area contributed by atoms with Crippen molar-refractivity contribution in [1.29, 1.82) is 0 Å². The predicted molar refractivity (Wildman–Crippen MR) is 84.9 cm³/mol. The molecule has 1 fully saturated rings. The van der Waals surface area contributed by atoms with Crippen LogP contribution in [-0.2, 0) is 19.4 Å². The van der Waals surface area contributed by atoms with Crippen molar-refractivity contribution in [1.82, 2.24) is 0 Å². The molecule has 1 aliphatic rings. The summed E-state index contributed by atoms with van der Waals surface area (Å²) in [6, 6.07) is 0. The van der Waals surface area contributed by atoms with Crippen molar-refractivity contribution in [3.8, 4) is 0 Å². The van der Waals surface area contributed by atoms with E-state index in [1.165, 1.54) is 0 Å². The van der Waals surface area contributed by atoms with Gasteiger partial charge in [-0.3, -0.25) is 4.79 Å². The van der Waals surface area contributed by atoms with E-state index in [2.05, 4.69) is 0 Å². The lowest BCUT2D eigenvalue weighted by atomic mass is 9.83. The maximum atomic E-state index is 12.3. The fourth-order valence-electron chi connectivity index (χ4n) is 2.58. The Morgan fingerprint density at radius 1 is 1.10 bits per heavy atom. The highest BCUT2D eigenvalue weighted by atomic mass is 32.2. The number of hydrogen-bond acceptors (Lipinski definition) is 4.